The van der Waals surface area contributed by atoms with Crippen LogP contribution in [0.3, 0.4) is 0 Å². The number of para-hydroxylation sites is 1. The molecule has 0 fully saturated rings. The molecule has 0 spiro atoms. The van der Waals surface area contributed by atoms with Crippen molar-refractivity contribution in [3.63, 3.8) is 0 Å². The molecule has 0 aromatic heterocycles. The van der Waals surface area contributed by atoms with Gasteiger partial charge in [0.15, 0.2) is 0 Å². The van der Waals surface area contributed by atoms with E-state index in [0.29, 0.717) is 16.5 Å². The fourth-order valence-corrected chi connectivity index (χ4v) is 4.19. The van der Waals surface area contributed by atoms with E-state index in [-0.39, 0.29) is 15.5 Å². The van der Waals surface area contributed by atoms with Gasteiger partial charge in [0.25, 0.3) is 10.0 Å². The van der Waals surface area contributed by atoms with Gasteiger partial charge in [0.1, 0.15) is 11.5 Å². The molecule has 0 heterocycles. The van der Waals surface area contributed by atoms with Crippen molar-refractivity contribution in [2.24, 2.45) is 5.14 Å². The lowest BCUT2D eigenvalue weighted by molar-refractivity contribution is 0.483. The van der Waals surface area contributed by atoms with Crippen molar-refractivity contribution < 1.29 is 21.6 Å². The Bertz CT molecular complexity index is 1210. The summed E-state index contributed by atoms with van der Waals surface area (Å²) in [6.07, 6.45) is 0. The molecular weight excluding hydrogens is 424 g/mol. The number of nitrogens with one attached hydrogen (secondary N) is 1. The molecule has 0 aliphatic rings. The largest absolute Gasteiger partial charge is 0.456 e. The summed E-state index contributed by atoms with van der Waals surface area (Å²) in [5, 5.41) is 5.49. The molecule has 0 aliphatic heterocycles. The first-order chi connectivity index (χ1) is 13.1. The highest BCUT2D eigenvalue weighted by Gasteiger charge is 2.17. The van der Waals surface area contributed by atoms with Crippen molar-refractivity contribution in [3.05, 3.63) is 77.8 Å². The number of ether oxygens (including phenoxy) is 1. The highest BCUT2D eigenvalue weighted by molar-refractivity contribution is 7.93. The Morgan fingerprint density at radius 2 is 1.46 bits per heavy atom. The Hall–Kier alpha value is -2.59. The summed E-state index contributed by atoms with van der Waals surface area (Å²) in [6, 6.07) is 17.9. The van der Waals surface area contributed by atoms with Crippen LogP contribution in [0, 0.1) is 0 Å². The number of benzene rings is 3. The molecule has 3 N–H and O–H groups in total. The third-order valence-electron chi connectivity index (χ3n) is 3.62. The molecule has 3 rings (SSSR count). The summed E-state index contributed by atoms with van der Waals surface area (Å²) in [4.78, 5) is -0.519. The van der Waals surface area contributed by atoms with Gasteiger partial charge < -0.3 is 4.74 Å². The van der Waals surface area contributed by atoms with Gasteiger partial charge in [-0.3, -0.25) is 4.72 Å². The average Bonchev–Trinajstić information content (AvgIpc) is 2.64. The number of primary sulfonamides is 1. The Morgan fingerprint density at radius 3 is 2.11 bits per heavy atom. The van der Waals surface area contributed by atoms with E-state index in [9.17, 15) is 16.8 Å². The van der Waals surface area contributed by atoms with Gasteiger partial charge in [-0.05, 0) is 54.6 Å². The Labute approximate surface area is 167 Å². The van der Waals surface area contributed by atoms with Crippen LogP contribution < -0.4 is 14.6 Å². The van der Waals surface area contributed by atoms with Crippen molar-refractivity contribution in [3.8, 4) is 11.5 Å². The van der Waals surface area contributed by atoms with Gasteiger partial charge in [0, 0.05) is 5.69 Å². The lowest BCUT2D eigenvalue weighted by Crippen LogP contribution is -2.16. The summed E-state index contributed by atoms with van der Waals surface area (Å²) in [5.41, 5.74) is 0.271. The van der Waals surface area contributed by atoms with Crippen LogP contribution in [-0.2, 0) is 20.0 Å². The maximum absolute atomic E-state index is 12.5. The van der Waals surface area contributed by atoms with Crippen molar-refractivity contribution in [1.29, 1.82) is 0 Å². The third-order valence-corrected chi connectivity index (χ3v) is 6.22. The molecule has 0 bridgehead atoms. The molecule has 28 heavy (non-hydrogen) atoms. The van der Waals surface area contributed by atoms with E-state index in [1.807, 2.05) is 0 Å². The van der Waals surface area contributed by atoms with E-state index in [1.165, 1.54) is 30.3 Å². The summed E-state index contributed by atoms with van der Waals surface area (Å²) in [7, 11) is -8.02. The minimum absolute atomic E-state index is 0.226. The van der Waals surface area contributed by atoms with E-state index in [1.54, 1.807) is 36.4 Å². The molecule has 146 valence electrons. The molecule has 0 atom stereocenters. The zero-order chi connectivity index (χ0) is 20.4. The zero-order valence-corrected chi connectivity index (χ0v) is 16.6. The van der Waals surface area contributed by atoms with Gasteiger partial charge in [0.05, 0.1) is 14.8 Å². The molecule has 0 unspecified atom stereocenters. The van der Waals surface area contributed by atoms with Crippen molar-refractivity contribution in [1.82, 2.24) is 0 Å². The minimum Gasteiger partial charge on any atom is -0.456 e. The van der Waals surface area contributed by atoms with E-state index in [0.717, 1.165) is 6.07 Å². The van der Waals surface area contributed by atoms with Gasteiger partial charge in [-0.1, -0.05) is 29.8 Å². The zero-order valence-electron chi connectivity index (χ0n) is 14.2. The third kappa shape index (κ3) is 4.82. The fraction of sp³-hybridized carbons (Fsp3) is 0. The van der Waals surface area contributed by atoms with Gasteiger partial charge in [-0.15, -0.1) is 0 Å². The predicted molar refractivity (Wildman–Crippen MR) is 107 cm³/mol. The van der Waals surface area contributed by atoms with E-state index in [4.69, 9.17) is 21.5 Å². The van der Waals surface area contributed by atoms with Crippen LogP contribution in [0.1, 0.15) is 0 Å². The van der Waals surface area contributed by atoms with E-state index >= 15 is 0 Å². The molecule has 7 nitrogen and oxygen atoms in total. The van der Waals surface area contributed by atoms with Gasteiger partial charge in [-0.25, -0.2) is 22.0 Å². The summed E-state index contributed by atoms with van der Waals surface area (Å²) < 4.78 is 55.9. The number of sulfonamides is 2. The summed E-state index contributed by atoms with van der Waals surface area (Å²) in [5.74, 6) is 0.935. The number of rotatable bonds is 6. The quantitative estimate of drug-likeness (QED) is 0.610. The van der Waals surface area contributed by atoms with Gasteiger partial charge >= 0.3 is 0 Å². The molecule has 3 aromatic carbocycles. The molecule has 0 saturated carbocycles. The van der Waals surface area contributed by atoms with Crippen molar-refractivity contribution in [2.75, 3.05) is 4.72 Å². The highest BCUT2D eigenvalue weighted by Crippen LogP contribution is 2.29. The van der Waals surface area contributed by atoms with Crippen LogP contribution in [-0.4, -0.2) is 16.8 Å². The maximum Gasteiger partial charge on any atom is 0.261 e. The van der Waals surface area contributed by atoms with Crippen LogP contribution >= 0.6 is 11.6 Å². The lowest BCUT2D eigenvalue weighted by Gasteiger charge is -2.11. The minimum atomic E-state index is -4.02. The van der Waals surface area contributed by atoms with Crippen LogP contribution in [0.15, 0.2) is 82.6 Å². The molecule has 10 heteroatoms. The number of hydrogen-bond acceptors (Lipinski definition) is 5. The van der Waals surface area contributed by atoms with Gasteiger partial charge in [0.2, 0.25) is 10.0 Å². The smallest absolute Gasteiger partial charge is 0.261 e. The van der Waals surface area contributed by atoms with Gasteiger partial charge in [-0.2, -0.15) is 0 Å². The molecule has 0 amide bonds. The summed E-state index contributed by atoms with van der Waals surface area (Å²) >= 11 is 6.04. The van der Waals surface area contributed by atoms with Crippen LogP contribution in [0.4, 0.5) is 5.69 Å². The van der Waals surface area contributed by atoms with Crippen LogP contribution in [0.25, 0.3) is 0 Å². The van der Waals surface area contributed by atoms with Crippen molar-refractivity contribution in [2.45, 2.75) is 9.79 Å². The monoisotopic (exact) mass is 438 g/mol. The first kappa shape index (κ1) is 20.2. The second-order valence-electron chi connectivity index (χ2n) is 5.68. The fourth-order valence-electron chi connectivity index (χ4n) is 2.28. The Morgan fingerprint density at radius 1 is 0.821 bits per heavy atom. The number of anilines is 1. The SMILES string of the molecule is NS(=O)(=O)c1cccc(S(=O)(=O)Nc2ccc(Oc3ccccc3Cl)cc2)c1. The second-order valence-corrected chi connectivity index (χ2v) is 9.33. The first-order valence-corrected chi connectivity index (χ1v) is 11.2. The normalized spacial score (nSPS) is 11.8. The average molecular weight is 439 g/mol. The molecular formula is C18H15ClN2O5S2. The number of halogens is 1. The maximum atomic E-state index is 12.5. The summed E-state index contributed by atoms with van der Waals surface area (Å²) in [6.45, 7) is 0. The number of hydrogen-bond donors (Lipinski definition) is 2. The molecule has 0 aliphatic carbocycles. The second kappa shape index (κ2) is 7.80. The molecule has 0 saturated heterocycles. The predicted octanol–water partition coefficient (Wildman–Crippen LogP) is 3.58. The number of nitrogens with two attached hydrogens (primary N) is 1. The van der Waals surface area contributed by atoms with E-state index in [2.05, 4.69) is 4.72 Å². The highest BCUT2D eigenvalue weighted by atomic mass is 35.5. The molecule has 3 aromatic rings. The standard InChI is InChI=1S/C18H15ClN2O5S2/c19-17-6-1-2-7-18(17)26-14-10-8-13(9-11-14)21-28(24,25)16-5-3-4-15(12-16)27(20,22)23/h1-12,21H,(H2,20,22,23). The van der Waals surface area contributed by atoms with Crippen LogP contribution in [0.2, 0.25) is 5.02 Å². The lowest BCUT2D eigenvalue weighted by atomic mass is 10.3. The van der Waals surface area contributed by atoms with Crippen LogP contribution in [0.5, 0.6) is 11.5 Å². The Kier molecular flexibility index (Phi) is 5.61. The topological polar surface area (TPSA) is 116 Å². The first-order valence-electron chi connectivity index (χ1n) is 7.83. The van der Waals surface area contributed by atoms with E-state index < -0.39 is 20.0 Å². The Balaban J connectivity index is 1.79. The van der Waals surface area contributed by atoms with Crippen molar-refractivity contribution >= 4 is 37.3 Å². The molecule has 0 radical (unpaired) electrons.